The lowest BCUT2D eigenvalue weighted by Gasteiger charge is -2.08. The normalized spacial score (nSPS) is 11.8. The third kappa shape index (κ3) is 6.13. The molecule has 198 valence electrons. The lowest BCUT2D eigenvalue weighted by Crippen LogP contribution is -1.93. The molecule has 0 spiro atoms. The van der Waals surface area contributed by atoms with E-state index in [1.165, 1.54) is 36.6 Å². The largest absolute Gasteiger partial charge is 0.309 e. The second kappa shape index (κ2) is 13.5. The van der Waals surface area contributed by atoms with Crippen molar-refractivity contribution in [1.29, 1.82) is 0 Å². The van der Waals surface area contributed by atoms with E-state index in [9.17, 15) is 0 Å². The zero-order valence-electron chi connectivity index (χ0n) is 22.7. The summed E-state index contributed by atoms with van der Waals surface area (Å²) in [6.45, 7) is 12.3. The first kappa shape index (κ1) is 29.1. The number of nitrogens with zero attached hydrogens (tertiary/aromatic N) is 1. The van der Waals surface area contributed by atoms with Crippen molar-refractivity contribution in [2.45, 2.75) is 27.8 Å². The molecule has 0 unspecified atom stereocenters. The fourth-order valence-electron chi connectivity index (χ4n) is 4.52. The smallest absolute Gasteiger partial charge is 0.0606 e. The van der Waals surface area contributed by atoms with Gasteiger partial charge in [0.1, 0.15) is 0 Å². The van der Waals surface area contributed by atoms with Gasteiger partial charge in [-0.1, -0.05) is 73.5 Å². The van der Waals surface area contributed by atoms with Gasteiger partial charge in [-0.2, -0.15) is 0 Å². The van der Waals surface area contributed by atoms with E-state index < -0.39 is 0 Å². The van der Waals surface area contributed by atoms with Crippen LogP contribution in [0.4, 0.5) is 0 Å². The number of allylic oxidation sites excluding steroid dienone is 6. The molecular weight excluding hydrogens is 543 g/mol. The van der Waals surface area contributed by atoms with Crippen molar-refractivity contribution in [3.05, 3.63) is 132 Å². The van der Waals surface area contributed by atoms with Gasteiger partial charge in [-0.15, -0.1) is 36.8 Å². The van der Waals surface area contributed by atoms with Crippen LogP contribution >= 0.6 is 35.7 Å². The van der Waals surface area contributed by atoms with Gasteiger partial charge < -0.3 is 4.57 Å². The Morgan fingerprint density at radius 3 is 2.17 bits per heavy atom. The molecule has 0 bridgehead atoms. The van der Waals surface area contributed by atoms with Gasteiger partial charge in [0.2, 0.25) is 0 Å². The van der Waals surface area contributed by atoms with Gasteiger partial charge in [0.25, 0.3) is 0 Å². The summed E-state index contributed by atoms with van der Waals surface area (Å²) in [6.07, 6.45) is 22.2. The third-order valence-corrected chi connectivity index (χ3v) is 9.37. The zero-order valence-corrected chi connectivity index (χ0v) is 25.2. The second-order valence-corrected chi connectivity index (χ2v) is 11.9. The summed E-state index contributed by atoms with van der Waals surface area (Å²) in [7, 11) is 0. The maximum Gasteiger partial charge on any atom is 0.0606 e. The summed E-state index contributed by atoms with van der Waals surface area (Å²) in [6, 6.07) is 23.8. The number of fused-ring (bicyclic) bond motifs is 3. The Labute approximate surface area is 251 Å². The van der Waals surface area contributed by atoms with Gasteiger partial charge in [0.05, 0.1) is 15.2 Å². The van der Waals surface area contributed by atoms with E-state index in [1.807, 2.05) is 24.3 Å². The summed E-state index contributed by atoms with van der Waals surface area (Å²) in [4.78, 5) is 3.69. The Hall–Kier alpha value is -3.88. The molecule has 0 amide bonds. The molecule has 0 N–H and O–H groups in total. The predicted molar refractivity (Wildman–Crippen MR) is 184 cm³/mol. The first-order valence-corrected chi connectivity index (χ1v) is 14.8. The van der Waals surface area contributed by atoms with Crippen LogP contribution in [0.3, 0.4) is 0 Å². The van der Waals surface area contributed by atoms with Crippen LogP contribution in [0, 0.1) is 26.7 Å². The van der Waals surface area contributed by atoms with Crippen LogP contribution in [0.5, 0.6) is 0 Å². The van der Waals surface area contributed by atoms with E-state index in [2.05, 4.69) is 142 Å². The first-order chi connectivity index (χ1) is 19.5. The maximum atomic E-state index is 4.57. The minimum Gasteiger partial charge on any atom is -0.309 e. The molecule has 0 saturated carbocycles. The minimum atomic E-state index is 1.000. The van der Waals surface area contributed by atoms with Gasteiger partial charge in [-0.3, -0.25) is 0 Å². The highest BCUT2D eigenvalue weighted by molar-refractivity contribution is 7.99. The van der Waals surface area contributed by atoms with Crippen LogP contribution in [0.15, 0.2) is 124 Å². The highest BCUT2D eigenvalue weighted by Gasteiger charge is 2.14. The van der Waals surface area contributed by atoms with Crippen LogP contribution < -0.4 is 0 Å². The van der Waals surface area contributed by atoms with Crippen molar-refractivity contribution in [2.75, 3.05) is 0 Å². The van der Waals surface area contributed by atoms with E-state index in [0.29, 0.717) is 0 Å². The topological polar surface area (TPSA) is 4.93 Å². The average Bonchev–Trinajstić information content (AvgIpc) is 3.43. The van der Waals surface area contributed by atoms with Crippen molar-refractivity contribution < 1.29 is 0 Å². The number of aromatic nitrogens is 1. The van der Waals surface area contributed by atoms with Crippen LogP contribution in [0.1, 0.15) is 21.6 Å². The lowest BCUT2D eigenvalue weighted by atomic mass is 10.1. The molecule has 0 fully saturated rings. The molecule has 5 aromatic rings. The molecule has 0 aliphatic carbocycles. The summed E-state index contributed by atoms with van der Waals surface area (Å²) in [5.74, 6) is 0. The molecule has 2 aromatic heterocycles. The number of thiophene rings is 1. The Balaban J connectivity index is 0.00000181. The highest BCUT2D eigenvalue weighted by Crippen LogP contribution is 2.37. The number of benzene rings is 3. The van der Waals surface area contributed by atoms with E-state index in [4.69, 9.17) is 0 Å². The minimum absolute atomic E-state index is 1.000. The number of thiol groups is 1. The second-order valence-electron chi connectivity index (χ2n) is 8.98. The molecule has 0 saturated heterocycles. The van der Waals surface area contributed by atoms with E-state index in [-0.39, 0.29) is 0 Å². The molecule has 5 rings (SSSR count). The van der Waals surface area contributed by atoms with E-state index in [1.54, 1.807) is 23.1 Å². The Bertz CT molecular complexity index is 1790. The SMILES string of the molecule is C#C.C=C/C=C(\C=C)n1c2ccc(/C=C/C=C/c3sc(S)c(C)c3C)cc2c2cc(Sc3ccccc3)ccc21. The Kier molecular flexibility index (Phi) is 9.79. The summed E-state index contributed by atoms with van der Waals surface area (Å²) >= 11 is 8.08. The van der Waals surface area contributed by atoms with Gasteiger partial charge in [-0.25, -0.2) is 0 Å². The van der Waals surface area contributed by atoms with Crippen molar-refractivity contribution in [3.63, 3.8) is 0 Å². The fraction of sp³-hybridized carbons (Fsp3) is 0.0556. The molecule has 1 nitrogen and oxygen atoms in total. The first-order valence-electron chi connectivity index (χ1n) is 12.7. The van der Waals surface area contributed by atoms with Crippen molar-refractivity contribution in [1.82, 2.24) is 4.57 Å². The molecular formula is C36H31NS3. The lowest BCUT2D eigenvalue weighted by molar-refractivity contribution is 1.23. The number of hydrogen-bond acceptors (Lipinski definition) is 3. The molecule has 3 aromatic carbocycles. The van der Waals surface area contributed by atoms with Gasteiger partial charge >= 0.3 is 0 Å². The molecule has 0 aliphatic rings. The third-order valence-electron chi connectivity index (χ3n) is 6.60. The summed E-state index contributed by atoms with van der Waals surface area (Å²) in [5.41, 5.74) is 7.02. The monoisotopic (exact) mass is 573 g/mol. The molecule has 2 heterocycles. The Morgan fingerprint density at radius 2 is 1.52 bits per heavy atom. The average molecular weight is 574 g/mol. The van der Waals surface area contributed by atoms with Crippen molar-refractivity contribution in [3.8, 4) is 12.8 Å². The number of rotatable bonds is 8. The van der Waals surface area contributed by atoms with Crippen molar-refractivity contribution >= 4 is 75.4 Å². The van der Waals surface area contributed by atoms with E-state index >= 15 is 0 Å². The van der Waals surface area contributed by atoms with Gasteiger partial charge in [0.15, 0.2) is 0 Å². The quantitative estimate of drug-likeness (QED) is 0.110. The highest BCUT2D eigenvalue weighted by atomic mass is 32.2. The van der Waals surface area contributed by atoms with Gasteiger partial charge in [-0.05, 0) is 91.2 Å². The van der Waals surface area contributed by atoms with Crippen LogP contribution in [0.2, 0.25) is 0 Å². The zero-order chi connectivity index (χ0) is 28.6. The molecule has 40 heavy (non-hydrogen) atoms. The maximum absolute atomic E-state index is 4.57. The predicted octanol–water partition coefficient (Wildman–Crippen LogP) is 11.1. The van der Waals surface area contributed by atoms with Crippen molar-refractivity contribution in [2.24, 2.45) is 0 Å². The van der Waals surface area contributed by atoms with Crippen LogP contribution in [-0.4, -0.2) is 4.57 Å². The molecule has 0 radical (unpaired) electrons. The number of terminal acetylenes is 1. The molecule has 0 atom stereocenters. The van der Waals surface area contributed by atoms with E-state index in [0.717, 1.165) is 26.5 Å². The standard InChI is InChI=1S/C34H29NS3.C2H2/c1-5-12-26(6-2)35-31-19-17-25(13-10-11-16-33-23(3)24(4)34(36)38-33)21-29(31)30-22-28(18-20-32(30)35)37-27-14-8-7-9-15-27;1-2/h5-22,36H,1-2H2,3-4H3;1-2H/b13-10+,16-11+,26-12+;. The summed E-state index contributed by atoms with van der Waals surface area (Å²) in [5, 5.41) is 2.43. The van der Waals surface area contributed by atoms with Gasteiger partial charge in [0, 0.05) is 31.1 Å². The fourth-order valence-corrected chi connectivity index (χ4v) is 6.82. The number of hydrogen-bond donors (Lipinski definition) is 1. The molecule has 0 aliphatic heterocycles. The Morgan fingerprint density at radius 1 is 0.850 bits per heavy atom. The van der Waals surface area contributed by atoms with Crippen LogP contribution in [-0.2, 0) is 0 Å². The molecule has 4 heteroatoms. The van der Waals surface area contributed by atoms with Crippen LogP contribution in [0.25, 0.3) is 39.7 Å². The summed E-state index contributed by atoms with van der Waals surface area (Å²) < 4.78 is 3.35.